The Morgan fingerprint density at radius 2 is 1.97 bits per heavy atom. The molecule has 1 atom stereocenters. The van der Waals surface area contributed by atoms with Gasteiger partial charge in [0.2, 0.25) is 10.0 Å². The molecule has 29 heavy (non-hydrogen) atoms. The minimum absolute atomic E-state index is 0.0641. The van der Waals surface area contributed by atoms with Crippen molar-refractivity contribution in [3.63, 3.8) is 0 Å². The van der Waals surface area contributed by atoms with Gasteiger partial charge >= 0.3 is 6.18 Å². The molecule has 0 fully saturated rings. The zero-order chi connectivity index (χ0) is 22.1. The molecule has 0 aliphatic heterocycles. The average molecular weight is 497 g/mol. The summed E-state index contributed by atoms with van der Waals surface area (Å²) in [7, 11) is -3.29. The van der Waals surface area contributed by atoms with Gasteiger partial charge in [-0.1, -0.05) is 0 Å². The van der Waals surface area contributed by atoms with E-state index in [0.717, 1.165) is 22.9 Å². The minimum Gasteiger partial charge on any atom is -0.344 e. The smallest absolute Gasteiger partial charge is 0.344 e. The molecule has 0 saturated carbocycles. The van der Waals surface area contributed by atoms with Crippen molar-refractivity contribution < 1.29 is 30.8 Å². The van der Waals surface area contributed by atoms with Crippen molar-refractivity contribution in [2.75, 3.05) is 5.32 Å². The van der Waals surface area contributed by atoms with Crippen LogP contribution in [-0.4, -0.2) is 31.1 Å². The summed E-state index contributed by atoms with van der Waals surface area (Å²) in [5.74, 6) is -1.62. The molecule has 1 aromatic carbocycles. The Bertz CT molecular complexity index is 1110. The fourth-order valence-corrected chi connectivity index (χ4v) is 4.81. The fraction of sp³-hybridized carbons (Fsp3) is 0.250. The second-order valence-electron chi connectivity index (χ2n) is 5.91. The Kier molecular flexibility index (Phi) is 6.41. The lowest BCUT2D eigenvalue weighted by Crippen LogP contribution is -2.42. The fourth-order valence-electron chi connectivity index (χ4n) is 2.26. The van der Waals surface area contributed by atoms with Crippen molar-refractivity contribution >= 4 is 37.5 Å². The number of carbonyl (C=O) groups is 1. The van der Waals surface area contributed by atoms with Crippen LogP contribution in [0, 0.1) is 17.1 Å². The van der Waals surface area contributed by atoms with E-state index < -0.39 is 38.9 Å². The lowest BCUT2D eigenvalue weighted by Gasteiger charge is -2.16. The first-order valence-corrected chi connectivity index (χ1v) is 10.0. The van der Waals surface area contributed by atoms with Crippen LogP contribution in [0.15, 0.2) is 33.8 Å². The highest BCUT2D eigenvalue weighted by Gasteiger charge is 2.40. The minimum atomic E-state index is -4.80. The molecular weight excluding hydrogens is 484 g/mol. The quantitative estimate of drug-likeness (QED) is 0.619. The largest absolute Gasteiger partial charge is 0.404 e. The lowest BCUT2D eigenvalue weighted by molar-refractivity contribution is -0.147. The molecule has 156 valence electrons. The van der Waals surface area contributed by atoms with E-state index in [0.29, 0.717) is 6.92 Å². The maximum absolute atomic E-state index is 13.4. The van der Waals surface area contributed by atoms with Crippen LogP contribution in [0.5, 0.6) is 0 Å². The number of halogens is 5. The summed E-state index contributed by atoms with van der Waals surface area (Å²) >= 11 is 2.94. The molecule has 1 amide bonds. The van der Waals surface area contributed by atoms with Crippen molar-refractivity contribution in [3.8, 4) is 6.07 Å². The number of amides is 1. The Morgan fingerprint density at radius 3 is 2.52 bits per heavy atom. The Morgan fingerprint density at radius 1 is 1.34 bits per heavy atom. The van der Waals surface area contributed by atoms with E-state index in [1.54, 1.807) is 6.07 Å². The van der Waals surface area contributed by atoms with Crippen LogP contribution in [0.1, 0.15) is 23.0 Å². The van der Waals surface area contributed by atoms with Crippen molar-refractivity contribution in [2.45, 2.75) is 24.0 Å². The monoisotopic (exact) mass is 496 g/mol. The number of sulfonamides is 1. The second-order valence-corrected chi connectivity index (χ2v) is 8.39. The number of alkyl halides is 3. The van der Waals surface area contributed by atoms with Crippen molar-refractivity contribution in [1.82, 2.24) is 9.29 Å². The number of hydrogen-bond acceptors (Lipinski definition) is 4. The van der Waals surface area contributed by atoms with E-state index >= 15 is 0 Å². The number of nitrogens with zero attached hydrogens (tertiary/aromatic N) is 2. The topological polar surface area (TPSA) is 104 Å². The summed E-state index contributed by atoms with van der Waals surface area (Å²) in [5.41, 5.74) is -0.468. The summed E-state index contributed by atoms with van der Waals surface area (Å²) in [6.07, 6.45) is -3.83. The maximum atomic E-state index is 13.4. The third kappa shape index (κ3) is 4.95. The summed E-state index contributed by atoms with van der Waals surface area (Å²) in [4.78, 5) is 12.0. The number of aromatic nitrogens is 1. The highest BCUT2D eigenvalue weighted by atomic mass is 79.9. The number of benzene rings is 1. The summed E-state index contributed by atoms with van der Waals surface area (Å²) in [6.45, 7) is 0.642. The van der Waals surface area contributed by atoms with Crippen molar-refractivity contribution in [2.24, 2.45) is 7.05 Å². The molecule has 7 nitrogen and oxygen atoms in total. The van der Waals surface area contributed by atoms with Crippen molar-refractivity contribution in [1.29, 1.82) is 5.26 Å². The zero-order valence-electron chi connectivity index (χ0n) is 14.8. The number of aryl methyl sites for hydroxylation is 1. The molecule has 0 spiro atoms. The van der Waals surface area contributed by atoms with E-state index in [1.807, 2.05) is 0 Å². The van der Waals surface area contributed by atoms with Crippen LogP contribution < -0.4 is 10.0 Å². The van der Waals surface area contributed by atoms with Gasteiger partial charge in [-0.3, -0.25) is 4.79 Å². The number of nitriles is 1. The van der Waals surface area contributed by atoms with Crippen molar-refractivity contribution in [3.05, 3.63) is 45.9 Å². The van der Waals surface area contributed by atoms with Crippen LogP contribution in [-0.2, 0) is 17.1 Å². The maximum Gasteiger partial charge on any atom is 0.404 e. The average Bonchev–Trinajstić information content (AvgIpc) is 2.90. The highest BCUT2D eigenvalue weighted by molar-refractivity contribution is 9.10. The van der Waals surface area contributed by atoms with Gasteiger partial charge in [0.1, 0.15) is 28.5 Å². The first-order chi connectivity index (χ1) is 13.3. The van der Waals surface area contributed by atoms with Gasteiger partial charge in [-0.25, -0.2) is 12.8 Å². The molecule has 0 unspecified atom stereocenters. The number of hydrogen-bond donors (Lipinski definition) is 2. The second kappa shape index (κ2) is 8.13. The summed E-state index contributed by atoms with van der Waals surface area (Å²) < 4.78 is 78.4. The molecule has 0 aliphatic carbocycles. The zero-order valence-corrected chi connectivity index (χ0v) is 17.2. The van der Waals surface area contributed by atoms with Gasteiger partial charge in [0.15, 0.2) is 0 Å². The molecule has 0 saturated heterocycles. The van der Waals surface area contributed by atoms with Crippen LogP contribution in [0.25, 0.3) is 0 Å². The lowest BCUT2D eigenvalue weighted by atomic mass is 10.2. The Balaban J connectivity index is 2.36. The van der Waals surface area contributed by atoms with Gasteiger partial charge in [0.25, 0.3) is 5.91 Å². The van der Waals surface area contributed by atoms with Gasteiger partial charge in [0.05, 0.1) is 10.0 Å². The number of anilines is 1. The Labute approximate surface area is 171 Å². The third-order valence-corrected chi connectivity index (χ3v) is 6.38. The molecule has 2 N–H and O–H groups in total. The van der Waals surface area contributed by atoms with Gasteiger partial charge in [-0.2, -0.15) is 23.2 Å². The molecule has 2 rings (SSSR count). The van der Waals surface area contributed by atoms with Gasteiger partial charge in [-0.15, -0.1) is 0 Å². The van der Waals surface area contributed by atoms with E-state index in [4.69, 9.17) is 5.26 Å². The predicted molar refractivity (Wildman–Crippen MR) is 98.0 cm³/mol. The molecule has 13 heteroatoms. The first kappa shape index (κ1) is 22.9. The summed E-state index contributed by atoms with van der Waals surface area (Å²) in [5, 5.41) is 11.2. The molecule has 0 aliphatic rings. The molecular formula is C16H13BrF4N4O3S. The van der Waals surface area contributed by atoms with Crippen LogP contribution in [0.3, 0.4) is 0 Å². The van der Waals surface area contributed by atoms with E-state index in [2.05, 4.69) is 21.2 Å². The SMILES string of the molecule is C[C@@H](NS(=O)(=O)c1cn(C)c(C(=O)Nc2ccc(F)c(C#N)c2)c1Br)C(F)(F)F. The van der Waals surface area contributed by atoms with Crippen LogP contribution in [0.4, 0.5) is 23.2 Å². The normalized spacial score (nSPS) is 13.0. The standard InChI is InChI=1S/C16H13BrF4N4O3S/c1-8(16(19,20)21)24-29(27,28)12-7-25(2)14(13(12)17)15(26)23-10-3-4-11(18)9(5-10)6-22/h3-5,7-8,24H,1-2H3,(H,23,26)/t8-/m1/s1. The predicted octanol–water partition coefficient (Wildman–Crippen LogP) is 3.28. The molecule has 0 radical (unpaired) electrons. The molecule has 2 aromatic rings. The van der Waals surface area contributed by atoms with Gasteiger partial charge < -0.3 is 9.88 Å². The number of carbonyl (C=O) groups excluding carboxylic acids is 1. The number of nitrogens with one attached hydrogen (secondary N) is 2. The molecule has 1 aromatic heterocycles. The van der Waals surface area contributed by atoms with E-state index in [-0.39, 0.29) is 21.4 Å². The van der Waals surface area contributed by atoms with Crippen LogP contribution in [0.2, 0.25) is 0 Å². The third-order valence-electron chi connectivity index (χ3n) is 3.76. The first-order valence-electron chi connectivity index (χ1n) is 7.72. The number of rotatable bonds is 5. The van der Waals surface area contributed by atoms with E-state index in [1.165, 1.54) is 17.8 Å². The molecule has 1 heterocycles. The molecule has 0 bridgehead atoms. The van der Waals surface area contributed by atoms with E-state index in [9.17, 15) is 30.8 Å². The van der Waals surface area contributed by atoms with Crippen LogP contribution >= 0.6 is 15.9 Å². The highest BCUT2D eigenvalue weighted by Crippen LogP contribution is 2.30. The van der Waals surface area contributed by atoms with Gasteiger partial charge in [-0.05, 0) is 41.1 Å². The summed E-state index contributed by atoms with van der Waals surface area (Å²) in [6, 6.07) is 2.49. The van der Waals surface area contributed by atoms with Gasteiger partial charge in [0, 0.05) is 18.9 Å². The Hall–Kier alpha value is -2.43.